The number of fused-ring (bicyclic) bond motifs is 4. The van der Waals surface area contributed by atoms with Crippen LogP contribution in [0, 0.1) is 0 Å². The van der Waals surface area contributed by atoms with Gasteiger partial charge in [0.2, 0.25) is 0 Å². The van der Waals surface area contributed by atoms with Crippen LogP contribution in [0.15, 0.2) is 53.4 Å². The van der Waals surface area contributed by atoms with Gasteiger partial charge in [-0.1, -0.05) is 36.4 Å². The highest BCUT2D eigenvalue weighted by atomic mass is 32.2. The van der Waals surface area contributed by atoms with Gasteiger partial charge in [-0.25, -0.2) is 0 Å². The number of benzene rings is 3. The van der Waals surface area contributed by atoms with Crippen molar-refractivity contribution in [1.29, 1.82) is 0 Å². The van der Waals surface area contributed by atoms with Crippen molar-refractivity contribution in [3.63, 3.8) is 0 Å². The Bertz CT molecular complexity index is 789. The summed E-state index contributed by atoms with van der Waals surface area (Å²) < 4.78 is 11.8. The van der Waals surface area contributed by atoms with Crippen LogP contribution in [-0.2, 0) is 16.6 Å². The molecule has 0 spiro atoms. The summed E-state index contributed by atoms with van der Waals surface area (Å²) in [6, 6.07) is 16.9. The molecule has 1 heterocycles. The summed E-state index contributed by atoms with van der Waals surface area (Å²) in [6.45, 7) is 0. The molecule has 1 aliphatic rings. The van der Waals surface area contributed by atoms with E-state index in [1.807, 2.05) is 12.1 Å². The van der Waals surface area contributed by atoms with Crippen LogP contribution in [-0.4, -0.2) is 4.21 Å². The standard InChI is InChI=1S/C15H10OS/c16-17-9-13-6-5-12-7-10-3-1-2-4-11(10)8-14(12)15(13)17/h1-8H,9H2. The Labute approximate surface area is 102 Å². The molecular formula is C15H10OS. The third-order valence-electron chi connectivity index (χ3n) is 3.43. The van der Waals surface area contributed by atoms with Crippen LogP contribution >= 0.6 is 0 Å². The van der Waals surface area contributed by atoms with Gasteiger partial charge in [0.1, 0.15) is 0 Å². The maximum atomic E-state index is 11.8. The normalized spacial score (nSPS) is 18.0. The number of hydrogen-bond donors (Lipinski definition) is 0. The molecule has 0 bridgehead atoms. The smallest absolute Gasteiger partial charge is 0.0584 e. The van der Waals surface area contributed by atoms with Crippen molar-refractivity contribution in [2.75, 3.05) is 0 Å². The Morgan fingerprint density at radius 2 is 1.65 bits per heavy atom. The van der Waals surface area contributed by atoms with Crippen molar-refractivity contribution in [3.8, 4) is 0 Å². The van der Waals surface area contributed by atoms with Crippen LogP contribution in [0.25, 0.3) is 21.5 Å². The average molecular weight is 238 g/mol. The van der Waals surface area contributed by atoms with E-state index in [4.69, 9.17) is 0 Å². The molecule has 17 heavy (non-hydrogen) atoms. The van der Waals surface area contributed by atoms with Gasteiger partial charge in [0, 0.05) is 0 Å². The van der Waals surface area contributed by atoms with E-state index in [2.05, 4.69) is 36.4 Å². The Morgan fingerprint density at radius 3 is 2.41 bits per heavy atom. The van der Waals surface area contributed by atoms with Crippen molar-refractivity contribution in [2.24, 2.45) is 0 Å². The van der Waals surface area contributed by atoms with E-state index >= 15 is 0 Å². The van der Waals surface area contributed by atoms with E-state index in [-0.39, 0.29) is 0 Å². The lowest BCUT2D eigenvalue weighted by atomic mass is 10.0. The molecule has 1 aliphatic heterocycles. The first-order chi connectivity index (χ1) is 8.33. The first kappa shape index (κ1) is 9.37. The zero-order chi connectivity index (χ0) is 11.4. The summed E-state index contributed by atoms with van der Waals surface area (Å²) in [5.74, 6) is 0.720. The first-order valence-corrected chi connectivity index (χ1v) is 6.97. The van der Waals surface area contributed by atoms with Crippen molar-refractivity contribution in [3.05, 3.63) is 54.1 Å². The van der Waals surface area contributed by atoms with Crippen LogP contribution in [0.2, 0.25) is 0 Å². The van der Waals surface area contributed by atoms with Gasteiger partial charge in [-0.15, -0.1) is 0 Å². The van der Waals surface area contributed by atoms with Crippen molar-refractivity contribution in [2.45, 2.75) is 10.6 Å². The molecule has 0 aromatic heterocycles. The predicted molar refractivity (Wildman–Crippen MR) is 71.6 cm³/mol. The van der Waals surface area contributed by atoms with Gasteiger partial charge in [0.15, 0.2) is 0 Å². The fourth-order valence-corrected chi connectivity index (χ4v) is 3.82. The molecular weight excluding hydrogens is 228 g/mol. The Hall–Kier alpha value is -1.67. The molecule has 0 N–H and O–H groups in total. The molecule has 1 nitrogen and oxygen atoms in total. The third kappa shape index (κ3) is 1.22. The fraction of sp³-hybridized carbons (Fsp3) is 0.0667. The molecule has 0 saturated heterocycles. The lowest BCUT2D eigenvalue weighted by Crippen LogP contribution is -2.12. The van der Waals surface area contributed by atoms with Gasteiger partial charge in [-0.2, -0.15) is 0 Å². The minimum atomic E-state index is -0.784. The van der Waals surface area contributed by atoms with Crippen molar-refractivity contribution < 1.29 is 4.21 Å². The lowest BCUT2D eigenvalue weighted by Gasteiger charge is -2.20. The van der Waals surface area contributed by atoms with Crippen LogP contribution in [0.4, 0.5) is 0 Å². The van der Waals surface area contributed by atoms with Gasteiger partial charge in [0.05, 0.1) is 21.4 Å². The second-order valence-electron chi connectivity index (χ2n) is 4.46. The molecule has 3 aromatic carbocycles. The lowest BCUT2D eigenvalue weighted by molar-refractivity contribution is 0.677. The number of hydrogen-bond acceptors (Lipinski definition) is 1. The summed E-state index contributed by atoms with van der Waals surface area (Å²) >= 11 is 0. The zero-order valence-electron chi connectivity index (χ0n) is 9.14. The van der Waals surface area contributed by atoms with E-state index in [9.17, 15) is 4.21 Å². The highest BCUT2D eigenvalue weighted by Gasteiger charge is 2.24. The maximum Gasteiger partial charge on any atom is 0.0584 e. The summed E-state index contributed by atoms with van der Waals surface area (Å²) in [5.41, 5.74) is 1.24. The Morgan fingerprint density at radius 1 is 0.882 bits per heavy atom. The zero-order valence-corrected chi connectivity index (χ0v) is 9.96. The van der Waals surface area contributed by atoms with Crippen molar-refractivity contribution >= 4 is 32.3 Å². The molecule has 82 valence electrons. The van der Waals surface area contributed by atoms with Gasteiger partial charge in [-0.05, 0) is 39.2 Å². The van der Waals surface area contributed by atoms with E-state index in [1.165, 1.54) is 21.7 Å². The highest BCUT2D eigenvalue weighted by Crippen LogP contribution is 2.36. The first-order valence-electron chi connectivity index (χ1n) is 5.66. The molecule has 0 aliphatic carbocycles. The molecule has 3 aromatic rings. The van der Waals surface area contributed by atoms with Gasteiger partial charge in [-0.3, -0.25) is 4.21 Å². The Balaban J connectivity index is 2.21. The van der Waals surface area contributed by atoms with Crippen LogP contribution in [0.1, 0.15) is 5.56 Å². The Kier molecular flexibility index (Phi) is 1.75. The molecule has 2 heteroatoms. The molecule has 0 fully saturated rings. The summed E-state index contributed by atoms with van der Waals surface area (Å²) in [6.07, 6.45) is 0. The van der Waals surface area contributed by atoms with Gasteiger partial charge in [0.25, 0.3) is 0 Å². The molecule has 4 rings (SSSR count). The van der Waals surface area contributed by atoms with E-state index < -0.39 is 10.8 Å². The monoisotopic (exact) mass is 238 g/mol. The molecule has 1 unspecified atom stereocenters. The largest absolute Gasteiger partial charge is 0.254 e. The minimum Gasteiger partial charge on any atom is -0.254 e. The topological polar surface area (TPSA) is 17.1 Å². The van der Waals surface area contributed by atoms with Crippen LogP contribution < -0.4 is 0 Å². The molecule has 0 amide bonds. The van der Waals surface area contributed by atoms with E-state index in [1.54, 1.807) is 0 Å². The second kappa shape index (κ2) is 3.17. The van der Waals surface area contributed by atoms with Crippen molar-refractivity contribution in [1.82, 2.24) is 0 Å². The molecule has 1 atom stereocenters. The average Bonchev–Trinajstić information content (AvgIpc) is 2.34. The van der Waals surface area contributed by atoms with Gasteiger partial charge >= 0.3 is 0 Å². The summed E-state index contributed by atoms with van der Waals surface area (Å²) in [5, 5.41) is 4.81. The molecule has 0 saturated carbocycles. The maximum absolute atomic E-state index is 11.8. The van der Waals surface area contributed by atoms with Gasteiger partial charge < -0.3 is 0 Å². The minimum absolute atomic E-state index is 0.720. The third-order valence-corrected chi connectivity index (χ3v) is 4.94. The quantitative estimate of drug-likeness (QED) is 0.547. The fourth-order valence-electron chi connectivity index (χ4n) is 2.55. The van der Waals surface area contributed by atoms with Crippen LogP contribution in [0.5, 0.6) is 0 Å². The number of rotatable bonds is 0. The SMILES string of the molecule is O=S1Cc2ccc3cc4ccccc4cc3c21. The van der Waals surface area contributed by atoms with E-state index in [0.717, 1.165) is 16.0 Å². The second-order valence-corrected chi connectivity index (χ2v) is 5.85. The molecule has 0 radical (unpaired) electrons. The van der Waals surface area contributed by atoms with E-state index in [0.29, 0.717) is 0 Å². The predicted octanol–water partition coefficient (Wildman–Crippen LogP) is 3.61. The van der Waals surface area contributed by atoms with Crippen LogP contribution in [0.3, 0.4) is 0 Å². The summed E-state index contributed by atoms with van der Waals surface area (Å²) in [7, 11) is -0.784. The summed E-state index contributed by atoms with van der Waals surface area (Å²) in [4.78, 5) is 1.05. The highest BCUT2D eigenvalue weighted by molar-refractivity contribution is 7.86.